The van der Waals surface area contributed by atoms with Crippen molar-refractivity contribution in [1.29, 1.82) is 0 Å². The van der Waals surface area contributed by atoms with Gasteiger partial charge in [-0.05, 0) is 12.5 Å². The predicted octanol–water partition coefficient (Wildman–Crippen LogP) is -0.108. The molecule has 0 radical (unpaired) electrons. The second-order valence-electron chi connectivity index (χ2n) is 4.31. The minimum absolute atomic E-state index is 0.0358. The Kier molecular flexibility index (Phi) is 3.76. The summed E-state index contributed by atoms with van der Waals surface area (Å²) in [6.45, 7) is 0.353. The molecule has 94 valence electrons. The van der Waals surface area contributed by atoms with Gasteiger partial charge in [0.1, 0.15) is 0 Å². The zero-order chi connectivity index (χ0) is 12.3. The van der Waals surface area contributed by atoms with Gasteiger partial charge >= 0.3 is 0 Å². The topological polar surface area (TPSA) is 79.3 Å². The van der Waals surface area contributed by atoms with Crippen molar-refractivity contribution < 1.29 is 13.5 Å². The van der Waals surface area contributed by atoms with Gasteiger partial charge in [0.2, 0.25) is 0 Å². The van der Waals surface area contributed by atoms with Crippen LogP contribution < -0.4 is 5.32 Å². The number of aliphatic hydroxyl groups excluding tert-OH is 1. The van der Waals surface area contributed by atoms with Crippen molar-refractivity contribution in [2.45, 2.75) is 18.6 Å². The number of nitrogens with zero attached hydrogens (tertiary/aromatic N) is 1. The fourth-order valence-corrected chi connectivity index (χ4v) is 3.63. The lowest BCUT2D eigenvalue weighted by molar-refractivity contribution is 0.170. The van der Waals surface area contributed by atoms with Crippen LogP contribution in [0.1, 0.15) is 18.1 Å². The molecular weight excluding hydrogens is 240 g/mol. The molecular formula is C11H16N2O3S. The van der Waals surface area contributed by atoms with Gasteiger partial charge in [0.15, 0.2) is 9.84 Å². The van der Waals surface area contributed by atoms with Crippen molar-refractivity contribution in [2.75, 3.05) is 18.1 Å². The Hall–Kier alpha value is -0.980. The quantitative estimate of drug-likeness (QED) is 0.786. The number of rotatable bonds is 4. The Balaban J connectivity index is 1.83. The van der Waals surface area contributed by atoms with E-state index in [1.165, 1.54) is 0 Å². The van der Waals surface area contributed by atoms with E-state index in [4.69, 9.17) is 0 Å². The number of hydrogen-bond donors (Lipinski definition) is 2. The maximum absolute atomic E-state index is 11.2. The van der Waals surface area contributed by atoms with Crippen LogP contribution in [0, 0.1) is 0 Å². The van der Waals surface area contributed by atoms with Gasteiger partial charge in [0.05, 0.1) is 17.6 Å². The zero-order valence-electron chi connectivity index (χ0n) is 9.41. The lowest BCUT2D eigenvalue weighted by Crippen LogP contribution is -2.33. The lowest BCUT2D eigenvalue weighted by atomic mass is 10.1. The summed E-state index contributed by atoms with van der Waals surface area (Å²) in [5.41, 5.74) is 0.737. The minimum Gasteiger partial charge on any atom is -0.387 e. The van der Waals surface area contributed by atoms with Gasteiger partial charge in [0.25, 0.3) is 0 Å². The molecule has 2 N–H and O–H groups in total. The molecule has 5 nitrogen and oxygen atoms in total. The van der Waals surface area contributed by atoms with Crippen LogP contribution in [0.4, 0.5) is 0 Å². The maximum atomic E-state index is 11.2. The summed E-state index contributed by atoms with van der Waals surface area (Å²) >= 11 is 0. The SMILES string of the molecule is O=S1(=O)CCC(NCC(O)c2cccnc2)C1. The molecule has 1 aromatic heterocycles. The molecule has 2 atom stereocenters. The van der Waals surface area contributed by atoms with Gasteiger partial charge in [-0.2, -0.15) is 0 Å². The zero-order valence-corrected chi connectivity index (χ0v) is 10.2. The number of aromatic nitrogens is 1. The summed E-state index contributed by atoms with van der Waals surface area (Å²) in [5, 5.41) is 12.9. The van der Waals surface area contributed by atoms with Crippen molar-refractivity contribution >= 4 is 9.84 Å². The van der Waals surface area contributed by atoms with Crippen LogP contribution in [0.3, 0.4) is 0 Å². The average Bonchev–Trinajstić information content (AvgIpc) is 2.67. The number of pyridine rings is 1. The molecule has 0 amide bonds. The second-order valence-corrected chi connectivity index (χ2v) is 6.54. The molecule has 6 heteroatoms. The number of aliphatic hydroxyl groups is 1. The van der Waals surface area contributed by atoms with E-state index >= 15 is 0 Å². The standard InChI is InChI=1S/C11H16N2O3S/c14-11(9-2-1-4-12-6-9)7-13-10-3-5-17(15,16)8-10/h1-2,4,6,10-11,13-14H,3,5,7-8H2. The van der Waals surface area contributed by atoms with Crippen molar-refractivity contribution in [3.8, 4) is 0 Å². The summed E-state index contributed by atoms with van der Waals surface area (Å²) in [6, 6.07) is 3.52. The highest BCUT2D eigenvalue weighted by molar-refractivity contribution is 7.91. The summed E-state index contributed by atoms with van der Waals surface area (Å²) in [5.74, 6) is 0.417. The lowest BCUT2D eigenvalue weighted by Gasteiger charge is -2.15. The van der Waals surface area contributed by atoms with Crippen LogP contribution in [-0.2, 0) is 9.84 Å². The van der Waals surface area contributed by atoms with Crippen LogP contribution >= 0.6 is 0 Å². The smallest absolute Gasteiger partial charge is 0.151 e. The summed E-state index contributed by atoms with van der Waals surface area (Å²) < 4.78 is 22.5. The Morgan fingerprint density at radius 2 is 2.41 bits per heavy atom. The van der Waals surface area contributed by atoms with E-state index in [0.717, 1.165) is 5.56 Å². The molecule has 1 saturated heterocycles. The highest BCUT2D eigenvalue weighted by Crippen LogP contribution is 2.14. The van der Waals surface area contributed by atoms with Crippen molar-refractivity contribution in [1.82, 2.24) is 10.3 Å². The summed E-state index contributed by atoms with van der Waals surface area (Å²) in [7, 11) is -2.86. The molecule has 17 heavy (non-hydrogen) atoms. The second kappa shape index (κ2) is 5.12. The third-order valence-corrected chi connectivity index (χ3v) is 4.67. The van der Waals surface area contributed by atoms with Crippen molar-refractivity contribution in [2.24, 2.45) is 0 Å². The van der Waals surface area contributed by atoms with Crippen molar-refractivity contribution in [3.05, 3.63) is 30.1 Å². The summed E-state index contributed by atoms with van der Waals surface area (Å²) in [4.78, 5) is 3.92. The Morgan fingerprint density at radius 3 is 3.00 bits per heavy atom. The Bertz CT molecular complexity index is 461. The Labute approximate surface area is 101 Å². The van der Waals surface area contributed by atoms with Crippen molar-refractivity contribution in [3.63, 3.8) is 0 Å². The van der Waals surface area contributed by atoms with Gasteiger partial charge < -0.3 is 10.4 Å². The molecule has 1 aromatic rings. The third kappa shape index (κ3) is 3.49. The molecule has 2 unspecified atom stereocenters. The largest absolute Gasteiger partial charge is 0.387 e. The first kappa shape index (κ1) is 12.5. The van der Waals surface area contributed by atoms with Gasteiger partial charge in [-0.3, -0.25) is 4.98 Å². The number of nitrogens with one attached hydrogen (secondary N) is 1. The van der Waals surface area contributed by atoms with Gasteiger partial charge in [-0.1, -0.05) is 6.07 Å². The minimum atomic E-state index is -2.86. The van der Waals surface area contributed by atoms with Crippen LogP contribution in [0.25, 0.3) is 0 Å². The molecule has 0 saturated carbocycles. The molecule has 1 aliphatic rings. The average molecular weight is 256 g/mol. The highest BCUT2D eigenvalue weighted by Gasteiger charge is 2.27. The molecule has 0 bridgehead atoms. The molecule has 0 aromatic carbocycles. The monoisotopic (exact) mass is 256 g/mol. The van der Waals surface area contributed by atoms with Gasteiger partial charge in [-0.25, -0.2) is 8.42 Å². The fraction of sp³-hybridized carbons (Fsp3) is 0.545. The first-order valence-corrected chi connectivity index (χ1v) is 7.41. The van der Waals surface area contributed by atoms with E-state index in [1.54, 1.807) is 24.5 Å². The van der Waals surface area contributed by atoms with Crippen LogP contribution in [0.15, 0.2) is 24.5 Å². The maximum Gasteiger partial charge on any atom is 0.151 e. The van der Waals surface area contributed by atoms with Gasteiger partial charge in [0, 0.05) is 30.5 Å². The van der Waals surface area contributed by atoms with Crippen LogP contribution in [0.5, 0.6) is 0 Å². The molecule has 1 aliphatic heterocycles. The van der Waals surface area contributed by atoms with Crippen LogP contribution in [-0.4, -0.2) is 42.6 Å². The van der Waals surface area contributed by atoms with Gasteiger partial charge in [-0.15, -0.1) is 0 Å². The van der Waals surface area contributed by atoms with E-state index in [1.807, 2.05) is 0 Å². The molecule has 2 heterocycles. The fourth-order valence-electron chi connectivity index (χ4n) is 1.93. The first-order valence-electron chi connectivity index (χ1n) is 5.58. The third-order valence-electron chi connectivity index (χ3n) is 2.90. The van der Waals surface area contributed by atoms with Crippen LogP contribution in [0.2, 0.25) is 0 Å². The highest BCUT2D eigenvalue weighted by atomic mass is 32.2. The van der Waals surface area contributed by atoms with E-state index in [9.17, 15) is 13.5 Å². The molecule has 2 rings (SSSR count). The Morgan fingerprint density at radius 1 is 1.59 bits per heavy atom. The van der Waals surface area contributed by atoms with E-state index in [-0.39, 0.29) is 17.5 Å². The molecule has 0 spiro atoms. The predicted molar refractivity (Wildman–Crippen MR) is 64.3 cm³/mol. The van der Waals surface area contributed by atoms with E-state index in [0.29, 0.717) is 13.0 Å². The molecule has 0 aliphatic carbocycles. The van der Waals surface area contributed by atoms with E-state index in [2.05, 4.69) is 10.3 Å². The number of hydrogen-bond acceptors (Lipinski definition) is 5. The summed E-state index contributed by atoms with van der Waals surface area (Å²) in [6.07, 6.45) is 3.24. The first-order chi connectivity index (χ1) is 8.07. The normalized spacial score (nSPS) is 24.6. The van der Waals surface area contributed by atoms with E-state index < -0.39 is 15.9 Å². The molecule has 1 fully saturated rings. The number of sulfone groups is 1.